The van der Waals surface area contributed by atoms with Gasteiger partial charge in [0.15, 0.2) is 5.82 Å². The lowest BCUT2D eigenvalue weighted by atomic mass is 10.1. The molecule has 5 nitrogen and oxygen atoms in total. The number of hydrogen-bond donors (Lipinski definition) is 1. The van der Waals surface area contributed by atoms with Crippen LogP contribution in [-0.2, 0) is 19.5 Å². The molecule has 5 heteroatoms. The molecular weight excluding hydrogens is 250 g/mol. The number of nitrogens with one attached hydrogen (secondary N) is 1. The largest absolute Gasteiger partial charge is 0.305 e. The quantitative estimate of drug-likeness (QED) is 0.907. The van der Waals surface area contributed by atoms with E-state index in [4.69, 9.17) is 0 Å². The number of aromatic nitrogens is 4. The lowest BCUT2D eigenvalue weighted by molar-refractivity contribution is 0.410. The topological polar surface area (TPSA) is 55.6 Å². The Morgan fingerprint density at radius 2 is 1.75 bits per heavy atom. The number of hydrogen-bond acceptors (Lipinski definition) is 4. The van der Waals surface area contributed by atoms with Crippen LogP contribution < -0.4 is 5.32 Å². The molecule has 0 aliphatic rings. The van der Waals surface area contributed by atoms with Crippen molar-refractivity contribution in [1.82, 2.24) is 25.5 Å². The van der Waals surface area contributed by atoms with E-state index >= 15 is 0 Å². The fourth-order valence-electron chi connectivity index (χ4n) is 1.87. The first-order valence-electron chi connectivity index (χ1n) is 7.06. The molecule has 0 fully saturated rings. The van der Waals surface area contributed by atoms with Gasteiger partial charge >= 0.3 is 0 Å². The minimum atomic E-state index is 0.0551. The minimum Gasteiger partial charge on any atom is -0.305 e. The van der Waals surface area contributed by atoms with Crippen LogP contribution in [-0.4, -0.2) is 25.7 Å². The third-order valence-corrected chi connectivity index (χ3v) is 3.15. The van der Waals surface area contributed by atoms with Crippen molar-refractivity contribution < 1.29 is 0 Å². The lowest BCUT2D eigenvalue weighted by Crippen LogP contribution is -2.36. The third kappa shape index (κ3) is 4.13. The Kier molecular flexibility index (Phi) is 4.49. The van der Waals surface area contributed by atoms with Gasteiger partial charge in [0.25, 0.3) is 0 Å². The van der Waals surface area contributed by atoms with Crippen LogP contribution in [0.15, 0.2) is 24.3 Å². The van der Waals surface area contributed by atoms with Crippen molar-refractivity contribution in [3.05, 3.63) is 41.2 Å². The molecule has 0 spiro atoms. The van der Waals surface area contributed by atoms with E-state index < -0.39 is 0 Å². The monoisotopic (exact) mass is 273 g/mol. The summed E-state index contributed by atoms with van der Waals surface area (Å²) in [5, 5.41) is 15.3. The minimum absolute atomic E-state index is 0.0551. The zero-order valence-corrected chi connectivity index (χ0v) is 12.7. The van der Waals surface area contributed by atoms with Crippen LogP contribution in [0.2, 0.25) is 0 Å². The zero-order chi connectivity index (χ0) is 14.6. The molecule has 0 aliphatic carbocycles. The van der Waals surface area contributed by atoms with E-state index in [0.29, 0.717) is 13.1 Å². The van der Waals surface area contributed by atoms with Crippen molar-refractivity contribution in [3.63, 3.8) is 0 Å². The molecule has 1 N–H and O–H groups in total. The van der Waals surface area contributed by atoms with E-state index in [9.17, 15) is 0 Å². The van der Waals surface area contributed by atoms with Crippen LogP contribution >= 0.6 is 0 Å². The Labute approximate surface area is 120 Å². The second-order valence-corrected chi connectivity index (χ2v) is 6.03. The molecule has 20 heavy (non-hydrogen) atoms. The van der Waals surface area contributed by atoms with Crippen molar-refractivity contribution in [2.45, 2.75) is 52.7 Å². The molecule has 1 aromatic carbocycles. The summed E-state index contributed by atoms with van der Waals surface area (Å²) in [6, 6.07) is 8.60. The molecule has 0 unspecified atom stereocenters. The molecule has 0 amide bonds. The molecule has 0 radical (unpaired) electrons. The molecular formula is C15H23N5. The van der Waals surface area contributed by atoms with Gasteiger partial charge in [0.1, 0.15) is 0 Å². The molecule has 0 atom stereocenters. The average Bonchev–Trinajstić information content (AvgIpc) is 2.84. The van der Waals surface area contributed by atoms with Crippen molar-refractivity contribution in [2.24, 2.45) is 0 Å². The van der Waals surface area contributed by atoms with Crippen molar-refractivity contribution >= 4 is 0 Å². The molecule has 2 aromatic rings. The first-order chi connectivity index (χ1) is 9.48. The van der Waals surface area contributed by atoms with Crippen molar-refractivity contribution in [2.75, 3.05) is 0 Å². The van der Waals surface area contributed by atoms with Gasteiger partial charge in [-0.15, -0.1) is 5.10 Å². The van der Waals surface area contributed by atoms with Crippen LogP contribution in [0.1, 0.15) is 44.6 Å². The number of nitrogens with zero attached hydrogens (tertiary/aromatic N) is 4. The summed E-state index contributed by atoms with van der Waals surface area (Å²) in [5.74, 6) is 0.861. The fraction of sp³-hybridized carbons (Fsp3) is 0.533. The summed E-state index contributed by atoms with van der Waals surface area (Å²) in [4.78, 5) is 0. The molecule has 0 saturated heterocycles. The van der Waals surface area contributed by atoms with Crippen LogP contribution in [0.3, 0.4) is 0 Å². The molecule has 1 aromatic heterocycles. The van der Waals surface area contributed by atoms with E-state index in [1.54, 1.807) is 0 Å². The highest BCUT2D eigenvalue weighted by Gasteiger charge is 2.12. The number of tetrazole rings is 1. The van der Waals surface area contributed by atoms with E-state index in [1.165, 1.54) is 11.1 Å². The zero-order valence-electron chi connectivity index (χ0n) is 12.7. The van der Waals surface area contributed by atoms with Crippen LogP contribution in [0.5, 0.6) is 0 Å². The maximum Gasteiger partial charge on any atom is 0.165 e. The van der Waals surface area contributed by atoms with Crippen molar-refractivity contribution in [3.8, 4) is 0 Å². The first kappa shape index (κ1) is 14.7. The summed E-state index contributed by atoms with van der Waals surface area (Å²) in [7, 11) is 0. The summed E-state index contributed by atoms with van der Waals surface area (Å²) in [6.07, 6.45) is 1.06. The molecule has 0 aliphatic heterocycles. The predicted molar refractivity (Wildman–Crippen MR) is 79.3 cm³/mol. The number of aryl methyl sites for hydroxylation is 1. The predicted octanol–water partition coefficient (Wildman–Crippen LogP) is 2.17. The van der Waals surface area contributed by atoms with Crippen LogP contribution in [0.25, 0.3) is 0 Å². The van der Waals surface area contributed by atoms with E-state index in [1.807, 2.05) is 4.68 Å². The Hall–Kier alpha value is -1.75. The third-order valence-electron chi connectivity index (χ3n) is 3.15. The summed E-state index contributed by atoms with van der Waals surface area (Å²) >= 11 is 0. The van der Waals surface area contributed by atoms with Crippen molar-refractivity contribution in [1.29, 1.82) is 0 Å². The van der Waals surface area contributed by atoms with E-state index in [0.717, 1.165) is 12.2 Å². The Morgan fingerprint density at radius 1 is 1.10 bits per heavy atom. The lowest BCUT2D eigenvalue weighted by Gasteiger charge is -2.19. The smallest absolute Gasteiger partial charge is 0.165 e. The van der Waals surface area contributed by atoms with Crippen LogP contribution in [0.4, 0.5) is 0 Å². The van der Waals surface area contributed by atoms with Gasteiger partial charge in [0, 0.05) is 5.54 Å². The first-order valence-corrected chi connectivity index (χ1v) is 7.06. The second kappa shape index (κ2) is 6.13. The maximum atomic E-state index is 4.09. The van der Waals surface area contributed by atoms with Gasteiger partial charge in [0.2, 0.25) is 0 Å². The Balaban J connectivity index is 2.04. The van der Waals surface area contributed by atoms with Gasteiger partial charge in [-0.05, 0) is 48.7 Å². The highest BCUT2D eigenvalue weighted by Crippen LogP contribution is 2.08. The standard InChI is InChI=1S/C15H23N5/c1-5-12-6-8-13(9-7-12)11-20-14(17-18-19-20)10-16-15(2,3)4/h6-9,16H,5,10-11H2,1-4H3. The number of rotatable bonds is 5. The van der Waals surface area contributed by atoms with E-state index in [-0.39, 0.29) is 5.54 Å². The van der Waals surface area contributed by atoms with Gasteiger partial charge in [-0.25, -0.2) is 4.68 Å². The van der Waals surface area contributed by atoms with Gasteiger partial charge in [-0.2, -0.15) is 0 Å². The second-order valence-electron chi connectivity index (χ2n) is 6.03. The Bertz CT molecular complexity index is 536. The highest BCUT2D eigenvalue weighted by atomic mass is 15.5. The highest BCUT2D eigenvalue weighted by molar-refractivity contribution is 5.22. The van der Waals surface area contributed by atoms with E-state index in [2.05, 4.69) is 72.8 Å². The fourth-order valence-corrected chi connectivity index (χ4v) is 1.87. The SMILES string of the molecule is CCc1ccc(Cn2nnnc2CNC(C)(C)C)cc1. The molecule has 0 saturated carbocycles. The molecule has 2 rings (SSSR count). The van der Waals surface area contributed by atoms with Crippen LogP contribution in [0, 0.1) is 0 Å². The summed E-state index contributed by atoms with van der Waals surface area (Å²) in [6.45, 7) is 9.92. The van der Waals surface area contributed by atoms with Gasteiger partial charge in [-0.1, -0.05) is 31.2 Å². The Morgan fingerprint density at radius 3 is 2.35 bits per heavy atom. The maximum absolute atomic E-state index is 4.09. The van der Waals surface area contributed by atoms with Gasteiger partial charge < -0.3 is 5.32 Å². The van der Waals surface area contributed by atoms with Gasteiger partial charge in [0.05, 0.1) is 13.1 Å². The average molecular weight is 273 g/mol. The summed E-state index contributed by atoms with van der Waals surface area (Å²) in [5.41, 5.74) is 2.62. The summed E-state index contributed by atoms with van der Waals surface area (Å²) < 4.78 is 1.85. The molecule has 0 bridgehead atoms. The van der Waals surface area contributed by atoms with Gasteiger partial charge in [-0.3, -0.25) is 0 Å². The normalized spacial score (nSPS) is 11.8. The molecule has 1 heterocycles. The molecule has 108 valence electrons. The number of benzene rings is 1.